The van der Waals surface area contributed by atoms with E-state index in [0.717, 1.165) is 36.6 Å². The third-order valence-electron chi connectivity index (χ3n) is 8.62. The Labute approximate surface area is 247 Å². The van der Waals surface area contributed by atoms with Crippen molar-refractivity contribution in [2.75, 3.05) is 26.5 Å². The zero-order chi connectivity index (χ0) is 30.0. The van der Waals surface area contributed by atoms with E-state index in [1.807, 2.05) is 38.1 Å². The summed E-state index contributed by atoms with van der Waals surface area (Å²) < 4.78 is 32.5. The number of benzene rings is 1. The van der Waals surface area contributed by atoms with Gasteiger partial charge in [-0.3, -0.25) is 24.8 Å². The standard InChI is InChI=1S/C31H41N5O5S/c1-20(2)36-28-10-6-5-8-21(28)14-27(31(36)38)29(37)34-23-15-24-11-12-25(16-23)35(24)19-26(41-3)18-33-30(42(4,39)40)22-9-7-13-32-17-22/h5-10,13-14,17,20,23-26,30,33H,11-12,15-16,18-19H2,1-4H3,(H,34,37)/t23-,24-,25+,26?,30?. The molecule has 5 rings (SSSR count). The van der Waals surface area contributed by atoms with Gasteiger partial charge < -0.3 is 14.6 Å². The van der Waals surface area contributed by atoms with E-state index >= 15 is 0 Å². The second-order valence-corrected chi connectivity index (χ2v) is 14.0. The Bertz CT molecular complexity index is 1560. The summed E-state index contributed by atoms with van der Waals surface area (Å²) in [6, 6.07) is 13.3. The lowest BCUT2D eigenvalue weighted by molar-refractivity contribution is 0.0259. The van der Waals surface area contributed by atoms with Gasteiger partial charge in [0.25, 0.3) is 11.5 Å². The molecule has 0 spiro atoms. The average molecular weight is 596 g/mol. The molecule has 4 heterocycles. The van der Waals surface area contributed by atoms with E-state index in [-0.39, 0.29) is 47.3 Å². The van der Waals surface area contributed by atoms with Gasteiger partial charge in [0.2, 0.25) is 0 Å². The van der Waals surface area contributed by atoms with Crippen molar-refractivity contribution in [2.45, 2.75) is 75.2 Å². The Balaban J connectivity index is 1.23. The van der Waals surface area contributed by atoms with E-state index in [1.54, 1.807) is 42.3 Å². The molecule has 226 valence electrons. The van der Waals surface area contributed by atoms with E-state index in [2.05, 4.69) is 20.5 Å². The minimum Gasteiger partial charge on any atom is -0.379 e. The maximum atomic E-state index is 13.4. The number of pyridine rings is 2. The van der Waals surface area contributed by atoms with Gasteiger partial charge in [-0.2, -0.15) is 0 Å². The summed E-state index contributed by atoms with van der Waals surface area (Å²) in [5.41, 5.74) is 1.33. The number of rotatable bonds is 11. The third kappa shape index (κ3) is 6.44. The number of aromatic nitrogens is 2. The van der Waals surface area contributed by atoms with Gasteiger partial charge >= 0.3 is 0 Å². The lowest BCUT2D eigenvalue weighted by Gasteiger charge is -2.40. The first-order valence-electron chi connectivity index (χ1n) is 14.6. The third-order valence-corrected chi connectivity index (χ3v) is 9.92. The molecule has 3 aromatic rings. The molecule has 1 aromatic carbocycles. The van der Waals surface area contributed by atoms with Crippen LogP contribution in [0.1, 0.15) is 66.9 Å². The molecule has 1 amide bonds. The minimum absolute atomic E-state index is 0.0241. The zero-order valence-corrected chi connectivity index (χ0v) is 25.5. The van der Waals surface area contributed by atoms with Gasteiger partial charge in [-0.1, -0.05) is 24.3 Å². The first-order chi connectivity index (χ1) is 20.1. The van der Waals surface area contributed by atoms with Crippen LogP contribution in [0.15, 0.2) is 59.7 Å². The number of methoxy groups -OCH3 is 1. The van der Waals surface area contributed by atoms with Crippen LogP contribution in [0.3, 0.4) is 0 Å². The summed E-state index contributed by atoms with van der Waals surface area (Å²) in [5.74, 6) is -0.320. The van der Waals surface area contributed by atoms with Gasteiger partial charge in [0.15, 0.2) is 9.84 Å². The normalized spacial score (nSPS) is 22.4. The van der Waals surface area contributed by atoms with E-state index in [0.29, 0.717) is 18.7 Å². The number of carbonyl (C=O) groups excluding carboxylic acids is 1. The van der Waals surface area contributed by atoms with E-state index < -0.39 is 15.2 Å². The van der Waals surface area contributed by atoms with Crippen molar-refractivity contribution in [2.24, 2.45) is 0 Å². The van der Waals surface area contributed by atoms with Crippen LogP contribution in [0.5, 0.6) is 0 Å². The van der Waals surface area contributed by atoms with Crippen molar-refractivity contribution in [1.82, 2.24) is 25.1 Å². The summed E-state index contributed by atoms with van der Waals surface area (Å²) >= 11 is 0. The second-order valence-electron chi connectivity index (χ2n) is 11.9. The van der Waals surface area contributed by atoms with Crippen LogP contribution in [0.4, 0.5) is 0 Å². The fourth-order valence-electron chi connectivity index (χ4n) is 6.66. The topological polar surface area (TPSA) is 123 Å². The number of para-hydroxylation sites is 1. The largest absolute Gasteiger partial charge is 0.379 e. The van der Waals surface area contributed by atoms with Gasteiger partial charge in [-0.25, -0.2) is 8.42 Å². The molecule has 5 atom stereocenters. The molecule has 0 aliphatic carbocycles. The SMILES string of the molecule is COC(CNC(c1cccnc1)S(C)(=O)=O)CN1[C@@H]2CC[C@H]1C[C@H](NC(=O)c1cc3ccccc3n(C(C)C)c1=O)C2. The molecule has 2 fully saturated rings. The molecule has 0 saturated carbocycles. The Hall–Kier alpha value is -3.12. The molecule has 2 aliphatic rings. The highest BCUT2D eigenvalue weighted by molar-refractivity contribution is 7.90. The molecule has 11 heteroatoms. The van der Waals surface area contributed by atoms with Crippen LogP contribution in [-0.2, 0) is 14.6 Å². The van der Waals surface area contributed by atoms with E-state index in [9.17, 15) is 18.0 Å². The smallest absolute Gasteiger partial charge is 0.264 e. The predicted octanol–water partition coefficient (Wildman–Crippen LogP) is 3.05. The minimum atomic E-state index is -3.41. The molecule has 10 nitrogen and oxygen atoms in total. The fourth-order valence-corrected chi connectivity index (χ4v) is 7.69. The molecule has 42 heavy (non-hydrogen) atoms. The number of nitrogens with one attached hydrogen (secondary N) is 2. The number of nitrogens with zero attached hydrogens (tertiary/aromatic N) is 3. The molecule has 2 saturated heterocycles. The first-order valence-corrected chi connectivity index (χ1v) is 16.6. The number of piperidine rings is 1. The predicted molar refractivity (Wildman–Crippen MR) is 163 cm³/mol. The molecule has 2 N–H and O–H groups in total. The van der Waals surface area contributed by atoms with Gasteiger partial charge in [0.1, 0.15) is 10.9 Å². The van der Waals surface area contributed by atoms with Gasteiger partial charge in [-0.15, -0.1) is 0 Å². The fraction of sp³-hybridized carbons (Fsp3) is 0.516. The van der Waals surface area contributed by atoms with Crippen molar-refractivity contribution >= 4 is 26.6 Å². The van der Waals surface area contributed by atoms with Crippen molar-refractivity contribution < 1.29 is 17.9 Å². The van der Waals surface area contributed by atoms with E-state index in [1.165, 1.54) is 6.26 Å². The average Bonchev–Trinajstić information content (AvgIpc) is 3.18. The van der Waals surface area contributed by atoms with Crippen molar-refractivity contribution in [3.05, 3.63) is 76.3 Å². The number of amides is 1. The monoisotopic (exact) mass is 595 g/mol. The summed E-state index contributed by atoms with van der Waals surface area (Å²) in [6.45, 7) is 4.92. The zero-order valence-electron chi connectivity index (χ0n) is 24.7. The van der Waals surface area contributed by atoms with E-state index in [4.69, 9.17) is 4.74 Å². The van der Waals surface area contributed by atoms with Gasteiger partial charge in [0.05, 0.1) is 11.6 Å². The van der Waals surface area contributed by atoms with Crippen LogP contribution in [0, 0.1) is 0 Å². The molecule has 0 radical (unpaired) electrons. The van der Waals surface area contributed by atoms with Gasteiger partial charge in [0, 0.05) is 68.6 Å². The number of fused-ring (bicyclic) bond motifs is 3. The van der Waals surface area contributed by atoms with Crippen LogP contribution >= 0.6 is 0 Å². The number of hydrogen-bond donors (Lipinski definition) is 2. The lowest BCUT2D eigenvalue weighted by atomic mass is 9.96. The van der Waals surface area contributed by atoms with Crippen LogP contribution in [0.25, 0.3) is 10.9 Å². The second kappa shape index (κ2) is 12.6. The highest BCUT2D eigenvalue weighted by atomic mass is 32.2. The quantitative estimate of drug-likeness (QED) is 0.347. The summed E-state index contributed by atoms with van der Waals surface area (Å²) in [4.78, 5) is 33.3. The number of hydrogen-bond acceptors (Lipinski definition) is 8. The van der Waals surface area contributed by atoms with Crippen molar-refractivity contribution in [3.8, 4) is 0 Å². The Kier molecular flexibility index (Phi) is 9.12. The molecular weight excluding hydrogens is 554 g/mol. The van der Waals surface area contributed by atoms with Crippen LogP contribution < -0.4 is 16.2 Å². The molecular formula is C31H41N5O5S. The molecule has 2 aliphatic heterocycles. The molecule has 2 bridgehead atoms. The molecule has 2 unspecified atom stereocenters. The van der Waals surface area contributed by atoms with Crippen LogP contribution in [-0.4, -0.2) is 79.5 Å². The molecule has 2 aromatic heterocycles. The highest BCUT2D eigenvalue weighted by Crippen LogP contribution is 2.36. The maximum Gasteiger partial charge on any atom is 0.264 e. The maximum absolute atomic E-state index is 13.4. The Morgan fingerprint density at radius 2 is 1.83 bits per heavy atom. The Morgan fingerprint density at radius 3 is 2.45 bits per heavy atom. The lowest BCUT2D eigenvalue weighted by Crippen LogP contribution is -2.53. The Morgan fingerprint density at radius 1 is 1.12 bits per heavy atom. The number of carbonyl (C=O) groups is 1. The van der Waals surface area contributed by atoms with Crippen molar-refractivity contribution in [1.29, 1.82) is 0 Å². The van der Waals surface area contributed by atoms with Crippen molar-refractivity contribution in [3.63, 3.8) is 0 Å². The van der Waals surface area contributed by atoms with Gasteiger partial charge in [-0.05, 0) is 63.1 Å². The highest BCUT2D eigenvalue weighted by Gasteiger charge is 2.42. The summed E-state index contributed by atoms with van der Waals surface area (Å²) in [7, 11) is -1.77. The number of ether oxygens (including phenoxy) is 1. The summed E-state index contributed by atoms with van der Waals surface area (Å²) in [5, 5.41) is 6.36. The van der Waals surface area contributed by atoms with Crippen LogP contribution in [0.2, 0.25) is 0 Å². The summed E-state index contributed by atoms with van der Waals surface area (Å²) in [6.07, 6.45) is 7.82. The number of sulfone groups is 1. The first kappa shape index (κ1) is 30.3.